The number of aryl methyl sites for hydroxylation is 1. The molecule has 7 nitrogen and oxygen atoms in total. The molecular weight excluding hydrogens is 471 g/mol. The standard InChI is InChI=1S/C20H30N4O3.HI/c1-4-21-20(23-12-13-24-18(25)6-5-7-19(24)26)22-11-10-16-9-8-15(2)17(14-16)27-3;/h8-9,14H,4-7,10-13H2,1-3H3,(H2,21,22,23);1H. The number of hydrogen-bond donors (Lipinski definition) is 2. The molecule has 8 heteroatoms. The van der Waals surface area contributed by atoms with Crippen molar-refractivity contribution in [1.29, 1.82) is 0 Å². The predicted octanol–water partition coefficient (Wildman–Crippen LogP) is 2.26. The fourth-order valence-corrected chi connectivity index (χ4v) is 2.99. The molecule has 0 aliphatic carbocycles. The number of hydrogen-bond acceptors (Lipinski definition) is 4. The van der Waals surface area contributed by atoms with Crippen LogP contribution >= 0.6 is 24.0 Å². The summed E-state index contributed by atoms with van der Waals surface area (Å²) in [7, 11) is 1.68. The Morgan fingerprint density at radius 1 is 1.21 bits per heavy atom. The Bertz CT molecular complexity index is 678. The molecule has 0 bridgehead atoms. The second kappa shape index (κ2) is 12.6. The molecule has 0 radical (unpaired) electrons. The van der Waals surface area contributed by atoms with Gasteiger partial charge in [-0.15, -0.1) is 24.0 Å². The molecule has 1 saturated heterocycles. The van der Waals surface area contributed by atoms with Gasteiger partial charge in [0.15, 0.2) is 5.96 Å². The van der Waals surface area contributed by atoms with Crippen LogP contribution in [0.5, 0.6) is 5.75 Å². The van der Waals surface area contributed by atoms with E-state index in [9.17, 15) is 9.59 Å². The van der Waals surface area contributed by atoms with E-state index in [1.54, 1.807) is 7.11 Å². The third-order valence-corrected chi connectivity index (χ3v) is 4.50. The number of nitrogens with zero attached hydrogens (tertiary/aromatic N) is 2. The number of benzene rings is 1. The molecule has 2 amide bonds. The SMILES string of the molecule is CCNC(=NCCc1ccc(C)c(OC)c1)NCCN1C(=O)CCCC1=O.I. The molecule has 1 fully saturated rings. The van der Waals surface area contributed by atoms with Crippen LogP contribution in [0.3, 0.4) is 0 Å². The number of rotatable bonds is 8. The number of amides is 2. The number of ether oxygens (including phenoxy) is 1. The van der Waals surface area contributed by atoms with Crippen molar-refractivity contribution in [3.63, 3.8) is 0 Å². The highest BCUT2D eigenvalue weighted by molar-refractivity contribution is 14.0. The smallest absolute Gasteiger partial charge is 0.229 e. The monoisotopic (exact) mass is 502 g/mol. The number of piperidine rings is 1. The summed E-state index contributed by atoms with van der Waals surface area (Å²) in [4.78, 5) is 29.6. The quantitative estimate of drug-likeness (QED) is 0.247. The van der Waals surface area contributed by atoms with E-state index in [1.807, 2.05) is 26.0 Å². The summed E-state index contributed by atoms with van der Waals surface area (Å²) in [5, 5.41) is 6.38. The van der Waals surface area contributed by atoms with Crippen molar-refractivity contribution in [3.8, 4) is 5.75 Å². The second-order valence-corrected chi connectivity index (χ2v) is 6.53. The number of methoxy groups -OCH3 is 1. The Morgan fingerprint density at radius 2 is 1.93 bits per heavy atom. The maximum atomic E-state index is 11.8. The minimum atomic E-state index is -0.0803. The van der Waals surface area contributed by atoms with E-state index in [4.69, 9.17) is 4.74 Å². The van der Waals surface area contributed by atoms with Gasteiger partial charge in [0.05, 0.1) is 7.11 Å². The van der Waals surface area contributed by atoms with Gasteiger partial charge in [-0.2, -0.15) is 0 Å². The number of aliphatic imine (C=N–C) groups is 1. The first-order valence-electron chi connectivity index (χ1n) is 9.54. The van der Waals surface area contributed by atoms with Gasteiger partial charge in [0, 0.05) is 39.0 Å². The van der Waals surface area contributed by atoms with Crippen molar-refractivity contribution in [1.82, 2.24) is 15.5 Å². The fourth-order valence-electron chi connectivity index (χ4n) is 2.99. The molecule has 0 saturated carbocycles. The zero-order valence-electron chi connectivity index (χ0n) is 16.9. The summed E-state index contributed by atoms with van der Waals surface area (Å²) >= 11 is 0. The van der Waals surface area contributed by atoms with Gasteiger partial charge < -0.3 is 15.4 Å². The number of carbonyl (C=O) groups is 2. The molecular formula is C20H31IN4O3. The molecule has 1 aliphatic rings. The highest BCUT2D eigenvalue weighted by atomic mass is 127. The summed E-state index contributed by atoms with van der Waals surface area (Å²) in [5.74, 6) is 1.41. The number of halogens is 1. The first kappa shape index (κ1) is 24.2. The number of carbonyl (C=O) groups excluding carboxylic acids is 2. The van der Waals surface area contributed by atoms with Gasteiger partial charge in [0.2, 0.25) is 11.8 Å². The van der Waals surface area contributed by atoms with Crippen molar-refractivity contribution in [2.45, 2.75) is 39.5 Å². The van der Waals surface area contributed by atoms with Crippen LogP contribution in [0.4, 0.5) is 0 Å². The second-order valence-electron chi connectivity index (χ2n) is 6.53. The van der Waals surface area contributed by atoms with Gasteiger partial charge in [0.25, 0.3) is 0 Å². The zero-order chi connectivity index (χ0) is 19.6. The van der Waals surface area contributed by atoms with Gasteiger partial charge in [0.1, 0.15) is 5.75 Å². The lowest BCUT2D eigenvalue weighted by atomic mass is 10.1. The van der Waals surface area contributed by atoms with Crippen LogP contribution in [0.2, 0.25) is 0 Å². The van der Waals surface area contributed by atoms with E-state index in [2.05, 4.69) is 21.7 Å². The molecule has 1 heterocycles. The first-order valence-corrected chi connectivity index (χ1v) is 9.54. The lowest BCUT2D eigenvalue weighted by Crippen LogP contribution is -2.46. The minimum absolute atomic E-state index is 0. The largest absolute Gasteiger partial charge is 0.496 e. The number of guanidine groups is 1. The number of nitrogens with one attached hydrogen (secondary N) is 2. The Hall–Kier alpha value is -1.84. The Balaban J connectivity index is 0.00000392. The molecule has 0 unspecified atom stereocenters. The maximum Gasteiger partial charge on any atom is 0.229 e. The first-order chi connectivity index (χ1) is 13.0. The van der Waals surface area contributed by atoms with Crippen molar-refractivity contribution in [3.05, 3.63) is 29.3 Å². The van der Waals surface area contributed by atoms with Crippen LogP contribution in [-0.2, 0) is 16.0 Å². The normalized spacial score (nSPS) is 14.5. The fraction of sp³-hybridized carbons (Fsp3) is 0.550. The van der Waals surface area contributed by atoms with Crippen LogP contribution in [0.1, 0.15) is 37.3 Å². The lowest BCUT2D eigenvalue weighted by molar-refractivity contribution is -0.147. The minimum Gasteiger partial charge on any atom is -0.496 e. The van der Waals surface area contributed by atoms with Crippen molar-refractivity contribution >= 4 is 41.8 Å². The molecule has 156 valence electrons. The van der Waals surface area contributed by atoms with Crippen LogP contribution in [0.15, 0.2) is 23.2 Å². The molecule has 28 heavy (non-hydrogen) atoms. The predicted molar refractivity (Wildman–Crippen MR) is 121 cm³/mol. The van der Waals surface area contributed by atoms with E-state index in [1.165, 1.54) is 10.5 Å². The molecule has 0 aromatic heterocycles. The average molecular weight is 502 g/mol. The summed E-state index contributed by atoms with van der Waals surface area (Å²) in [6.07, 6.45) is 2.38. The van der Waals surface area contributed by atoms with Gasteiger partial charge in [-0.25, -0.2) is 0 Å². The molecule has 2 N–H and O–H groups in total. The number of imide groups is 1. The van der Waals surface area contributed by atoms with Crippen LogP contribution in [0, 0.1) is 6.92 Å². The Labute approximate surface area is 184 Å². The highest BCUT2D eigenvalue weighted by Gasteiger charge is 2.25. The third-order valence-electron chi connectivity index (χ3n) is 4.50. The van der Waals surface area contributed by atoms with Crippen LogP contribution in [0.25, 0.3) is 0 Å². The zero-order valence-corrected chi connectivity index (χ0v) is 19.2. The summed E-state index contributed by atoms with van der Waals surface area (Å²) < 4.78 is 5.36. The summed E-state index contributed by atoms with van der Waals surface area (Å²) in [5.41, 5.74) is 2.28. The lowest BCUT2D eigenvalue weighted by Gasteiger charge is -2.25. The highest BCUT2D eigenvalue weighted by Crippen LogP contribution is 2.19. The van der Waals surface area contributed by atoms with Crippen molar-refractivity contribution < 1.29 is 14.3 Å². The molecule has 0 atom stereocenters. The van der Waals surface area contributed by atoms with Gasteiger partial charge >= 0.3 is 0 Å². The van der Waals surface area contributed by atoms with Crippen LogP contribution < -0.4 is 15.4 Å². The average Bonchev–Trinajstić information content (AvgIpc) is 2.65. The van der Waals surface area contributed by atoms with E-state index >= 15 is 0 Å². The van der Waals surface area contributed by atoms with E-state index in [-0.39, 0.29) is 35.8 Å². The van der Waals surface area contributed by atoms with Gasteiger partial charge in [-0.3, -0.25) is 19.5 Å². The summed E-state index contributed by atoms with van der Waals surface area (Å²) in [6.45, 7) is 6.25. The molecule has 1 aliphatic heterocycles. The van der Waals surface area contributed by atoms with Gasteiger partial charge in [-0.05, 0) is 43.9 Å². The van der Waals surface area contributed by atoms with E-state index < -0.39 is 0 Å². The van der Waals surface area contributed by atoms with Crippen molar-refractivity contribution in [2.24, 2.45) is 4.99 Å². The molecule has 0 spiro atoms. The Morgan fingerprint density at radius 3 is 2.57 bits per heavy atom. The maximum absolute atomic E-state index is 11.8. The van der Waals surface area contributed by atoms with Gasteiger partial charge in [-0.1, -0.05) is 12.1 Å². The molecule has 2 rings (SSSR count). The Kier molecular flexibility index (Phi) is 10.9. The van der Waals surface area contributed by atoms with Crippen LogP contribution in [-0.4, -0.2) is 56.0 Å². The third kappa shape index (κ3) is 7.29. The van der Waals surface area contributed by atoms with E-state index in [0.29, 0.717) is 44.9 Å². The topological polar surface area (TPSA) is 83.0 Å². The number of likely N-dealkylation sites (tertiary alicyclic amines) is 1. The summed E-state index contributed by atoms with van der Waals surface area (Å²) in [6, 6.07) is 6.17. The van der Waals surface area contributed by atoms with Crippen molar-refractivity contribution in [2.75, 3.05) is 33.3 Å². The molecule has 1 aromatic carbocycles. The van der Waals surface area contributed by atoms with E-state index in [0.717, 1.165) is 24.3 Å². The molecule has 1 aromatic rings.